The van der Waals surface area contributed by atoms with Crippen molar-refractivity contribution in [3.05, 3.63) is 39.8 Å². The molecule has 3 N–H and O–H groups in total. The van der Waals surface area contributed by atoms with E-state index in [-0.39, 0.29) is 19.0 Å². The van der Waals surface area contributed by atoms with Gasteiger partial charge in [-0.05, 0) is 19.1 Å². The molecule has 1 aliphatic rings. The van der Waals surface area contributed by atoms with Gasteiger partial charge in [0, 0.05) is 30.3 Å². The molecular formula is C14H15N3O4. The Morgan fingerprint density at radius 3 is 2.95 bits per heavy atom. The zero-order valence-electron chi connectivity index (χ0n) is 11.5. The third kappa shape index (κ3) is 2.68. The second-order valence-electron chi connectivity index (χ2n) is 4.65. The van der Waals surface area contributed by atoms with E-state index in [9.17, 15) is 4.79 Å². The first-order chi connectivity index (χ1) is 10.2. The third-order valence-electron chi connectivity index (χ3n) is 3.22. The van der Waals surface area contributed by atoms with Gasteiger partial charge in [0.15, 0.2) is 11.5 Å². The molecule has 0 saturated carbocycles. The Bertz CT molecular complexity index is 727. The summed E-state index contributed by atoms with van der Waals surface area (Å²) in [6.07, 6.45) is 0.290. The van der Waals surface area contributed by atoms with E-state index in [1.54, 1.807) is 19.1 Å². The van der Waals surface area contributed by atoms with Crippen molar-refractivity contribution in [2.24, 2.45) is 0 Å². The van der Waals surface area contributed by atoms with Gasteiger partial charge in [-0.2, -0.15) is 0 Å². The minimum absolute atomic E-state index is 0.0828. The summed E-state index contributed by atoms with van der Waals surface area (Å²) < 4.78 is 10.5. The van der Waals surface area contributed by atoms with E-state index in [2.05, 4.69) is 15.3 Å². The van der Waals surface area contributed by atoms with Crippen LogP contribution >= 0.6 is 0 Å². The van der Waals surface area contributed by atoms with Gasteiger partial charge in [-0.25, -0.2) is 4.98 Å². The molecule has 0 unspecified atom stereocenters. The first-order valence-corrected chi connectivity index (χ1v) is 6.54. The second-order valence-corrected chi connectivity index (χ2v) is 4.65. The maximum absolute atomic E-state index is 11.9. The van der Waals surface area contributed by atoms with Gasteiger partial charge in [-0.3, -0.25) is 9.78 Å². The molecule has 0 aliphatic carbocycles. The van der Waals surface area contributed by atoms with Gasteiger partial charge in [0.1, 0.15) is 0 Å². The number of aliphatic hydroxyl groups is 1. The van der Waals surface area contributed by atoms with Gasteiger partial charge < -0.3 is 19.9 Å². The molecule has 0 atom stereocenters. The van der Waals surface area contributed by atoms with Crippen LogP contribution < -0.4 is 20.3 Å². The summed E-state index contributed by atoms with van der Waals surface area (Å²) in [6, 6.07) is 5.37. The number of ether oxygens (including phenoxy) is 2. The predicted octanol–water partition coefficient (Wildman–Crippen LogP) is 1.09. The monoisotopic (exact) mass is 289 g/mol. The molecule has 2 aromatic rings. The van der Waals surface area contributed by atoms with E-state index in [1.807, 2.05) is 6.07 Å². The van der Waals surface area contributed by atoms with Gasteiger partial charge in [-0.15, -0.1) is 0 Å². The Balaban J connectivity index is 1.87. The molecule has 0 radical (unpaired) electrons. The third-order valence-corrected chi connectivity index (χ3v) is 3.22. The van der Waals surface area contributed by atoms with Crippen LogP contribution in [0.15, 0.2) is 23.0 Å². The minimum atomic E-state index is -0.250. The van der Waals surface area contributed by atoms with Gasteiger partial charge in [-0.1, -0.05) is 0 Å². The Morgan fingerprint density at radius 1 is 1.38 bits per heavy atom. The lowest BCUT2D eigenvalue weighted by Crippen LogP contribution is -2.19. The minimum Gasteiger partial charge on any atom is -0.454 e. The molecule has 2 heterocycles. The second kappa shape index (κ2) is 5.45. The summed E-state index contributed by atoms with van der Waals surface area (Å²) in [4.78, 5) is 18.9. The van der Waals surface area contributed by atoms with E-state index < -0.39 is 0 Å². The van der Waals surface area contributed by atoms with E-state index in [0.717, 1.165) is 5.69 Å². The van der Waals surface area contributed by atoms with Crippen molar-refractivity contribution in [1.82, 2.24) is 9.97 Å². The van der Waals surface area contributed by atoms with Crippen molar-refractivity contribution in [1.29, 1.82) is 0 Å². The molecule has 0 fully saturated rings. The maximum atomic E-state index is 11.9. The summed E-state index contributed by atoms with van der Waals surface area (Å²) in [5.41, 5.74) is 1.57. The quantitative estimate of drug-likeness (QED) is 0.779. The molecule has 0 amide bonds. The number of hydrogen-bond donors (Lipinski definition) is 3. The van der Waals surface area contributed by atoms with Crippen molar-refractivity contribution in [2.45, 2.75) is 13.3 Å². The number of aromatic amines is 1. The highest BCUT2D eigenvalue weighted by Gasteiger charge is 2.14. The lowest BCUT2D eigenvalue weighted by atomic mass is 10.2. The Kier molecular flexibility index (Phi) is 3.49. The fourth-order valence-corrected chi connectivity index (χ4v) is 2.19. The zero-order chi connectivity index (χ0) is 14.8. The van der Waals surface area contributed by atoms with Gasteiger partial charge >= 0.3 is 0 Å². The number of fused-ring (bicyclic) bond motifs is 1. The van der Waals surface area contributed by atoms with Crippen LogP contribution in [0.5, 0.6) is 11.5 Å². The van der Waals surface area contributed by atoms with Crippen molar-refractivity contribution in [3.63, 3.8) is 0 Å². The number of aryl methyl sites for hydroxylation is 1. The molecule has 7 nitrogen and oxygen atoms in total. The topological polar surface area (TPSA) is 96.5 Å². The molecule has 110 valence electrons. The van der Waals surface area contributed by atoms with Crippen LogP contribution in [0, 0.1) is 6.92 Å². The number of hydrogen-bond acceptors (Lipinski definition) is 6. The summed E-state index contributed by atoms with van der Waals surface area (Å²) in [7, 11) is 0. The molecule has 0 bridgehead atoms. The summed E-state index contributed by atoms with van der Waals surface area (Å²) in [5.74, 6) is 1.69. The maximum Gasteiger partial charge on any atom is 0.255 e. The van der Waals surface area contributed by atoms with Crippen LogP contribution in [0.3, 0.4) is 0 Å². The fraction of sp³-hybridized carbons (Fsp3) is 0.286. The highest BCUT2D eigenvalue weighted by Crippen LogP contribution is 2.34. The SMILES string of the molecule is Cc1nc(Nc2ccc3c(c2)OCO3)[nH]c(=O)c1CCO. The van der Waals surface area contributed by atoms with Gasteiger partial charge in [0.2, 0.25) is 12.7 Å². The summed E-state index contributed by atoms with van der Waals surface area (Å²) in [6.45, 7) is 1.87. The predicted molar refractivity (Wildman–Crippen MR) is 76.2 cm³/mol. The average Bonchev–Trinajstić information content (AvgIpc) is 2.90. The molecule has 1 aliphatic heterocycles. The summed E-state index contributed by atoms with van der Waals surface area (Å²) in [5, 5.41) is 12.0. The number of rotatable bonds is 4. The van der Waals surface area contributed by atoms with Crippen molar-refractivity contribution in [2.75, 3.05) is 18.7 Å². The lowest BCUT2D eigenvalue weighted by Gasteiger charge is -2.09. The van der Waals surface area contributed by atoms with Crippen LogP contribution in [-0.4, -0.2) is 28.5 Å². The van der Waals surface area contributed by atoms with Crippen LogP contribution in [0.25, 0.3) is 0 Å². The normalized spacial score (nSPS) is 12.5. The first kappa shape index (κ1) is 13.4. The number of benzene rings is 1. The van der Waals surface area contributed by atoms with Gasteiger partial charge in [0.25, 0.3) is 5.56 Å². The Morgan fingerprint density at radius 2 is 2.19 bits per heavy atom. The number of aliphatic hydroxyl groups excluding tert-OH is 1. The van der Waals surface area contributed by atoms with Gasteiger partial charge in [0.05, 0.1) is 5.69 Å². The number of aromatic nitrogens is 2. The number of nitrogens with zero attached hydrogens (tertiary/aromatic N) is 1. The van der Waals surface area contributed by atoms with Crippen molar-refractivity contribution < 1.29 is 14.6 Å². The number of nitrogens with one attached hydrogen (secondary N) is 2. The molecule has 0 spiro atoms. The highest BCUT2D eigenvalue weighted by atomic mass is 16.7. The number of H-pyrrole nitrogens is 1. The van der Waals surface area contributed by atoms with E-state index >= 15 is 0 Å². The Hall–Kier alpha value is -2.54. The molecule has 21 heavy (non-hydrogen) atoms. The van der Waals surface area contributed by atoms with E-state index in [4.69, 9.17) is 14.6 Å². The van der Waals surface area contributed by atoms with Crippen LogP contribution in [0.4, 0.5) is 11.6 Å². The smallest absolute Gasteiger partial charge is 0.255 e. The van der Waals surface area contributed by atoms with Crippen LogP contribution in [0.2, 0.25) is 0 Å². The van der Waals surface area contributed by atoms with Crippen molar-refractivity contribution >= 4 is 11.6 Å². The average molecular weight is 289 g/mol. The molecule has 1 aromatic heterocycles. The standard InChI is InChI=1S/C14H15N3O4/c1-8-10(4-5-18)13(19)17-14(15-8)16-9-2-3-11-12(6-9)21-7-20-11/h2-3,6,18H,4-5,7H2,1H3,(H2,15,16,17,19). The van der Waals surface area contributed by atoms with Crippen LogP contribution in [-0.2, 0) is 6.42 Å². The molecule has 0 saturated heterocycles. The van der Waals surface area contributed by atoms with E-state index in [1.165, 1.54) is 0 Å². The number of anilines is 2. The molecule has 3 rings (SSSR count). The lowest BCUT2D eigenvalue weighted by molar-refractivity contribution is 0.174. The molecule has 1 aromatic carbocycles. The summed E-state index contributed by atoms with van der Waals surface area (Å²) >= 11 is 0. The first-order valence-electron chi connectivity index (χ1n) is 6.54. The van der Waals surface area contributed by atoms with Crippen LogP contribution in [0.1, 0.15) is 11.3 Å². The van der Waals surface area contributed by atoms with Crippen molar-refractivity contribution in [3.8, 4) is 11.5 Å². The fourth-order valence-electron chi connectivity index (χ4n) is 2.19. The zero-order valence-corrected chi connectivity index (χ0v) is 11.5. The highest BCUT2D eigenvalue weighted by molar-refractivity contribution is 5.60. The molecular weight excluding hydrogens is 274 g/mol. The van der Waals surface area contributed by atoms with E-state index in [0.29, 0.717) is 35.1 Å². The Labute approximate surface area is 120 Å². The largest absolute Gasteiger partial charge is 0.454 e. The molecule has 7 heteroatoms.